The van der Waals surface area contributed by atoms with E-state index in [-0.39, 0.29) is 0 Å². The number of rotatable bonds is 6. The summed E-state index contributed by atoms with van der Waals surface area (Å²) in [6.45, 7) is 3.75. The summed E-state index contributed by atoms with van der Waals surface area (Å²) < 4.78 is 39.5. The van der Waals surface area contributed by atoms with Crippen LogP contribution >= 0.6 is 11.3 Å². The van der Waals surface area contributed by atoms with E-state index in [4.69, 9.17) is 9.47 Å². The first-order valence-corrected chi connectivity index (χ1v) is 10.9. The molecule has 3 heterocycles. The molecule has 5 nitrogen and oxygen atoms in total. The van der Waals surface area contributed by atoms with Gasteiger partial charge in [0.05, 0.1) is 13.2 Å². The minimum absolute atomic E-state index is 0.355. The van der Waals surface area contributed by atoms with Crippen LogP contribution in [0.1, 0.15) is 28.5 Å². The predicted octanol–water partition coefficient (Wildman–Crippen LogP) is 2.70. The molecule has 0 fully saturated rings. The molecule has 1 aromatic carbocycles. The number of nitrogens with one attached hydrogen (secondary N) is 1. The van der Waals surface area contributed by atoms with E-state index >= 15 is 0 Å². The van der Waals surface area contributed by atoms with Crippen LogP contribution in [0.2, 0.25) is 0 Å². The van der Waals surface area contributed by atoms with Gasteiger partial charge in [0.15, 0.2) is 0 Å². The maximum atomic E-state index is 12.5. The maximum absolute atomic E-state index is 12.5. The van der Waals surface area contributed by atoms with E-state index in [1.54, 1.807) is 6.07 Å². The Bertz CT molecular complexity index is 870. The molecule has 0 unspecified atom stereocenters. The Kier molecular flexibility index (Phi) is 4.47. The van der Waals surface area contributed by atoms with Gasteiger partial charge in [-0.25, -0.2) is 13.1 Å². The predicted molar refractivity (Wildman–Crippen MR) is 97.4 cm³/mol. The molecule has 0 saturated heterocycles. The number of benzene rings is 1. The lowest BCUT2D eigenvalue weighted by Crippen LogP contribution is -2.25. The van der Waals surface area contributed by atoms with Crippen molar-refractivity contribution in [2.75, 3.05) is 19.8 Å². The summed E-state index contributed by atoms with van der Waals surface area (Å²) in [5, 5.41) is 0. The van der Waals surface area contributed by atoms with E-state index in [2.05, 4.69) is 10.8 Å². The summed E-state index contributed by atoms with van der Waals surface area (Å²) in [5.41, 5.74) is 3.44. The Balaban J connectivity index is 1.51. The Morgan fingerprint density at radius 3 is 2.84 bits per heavy atom. The van der Waals surface area contributed by atoms with E-state index < -0.39 is 10.0 Å². The largest absolute Gasteiger partial charge is 0.493 e. The van der Waals surface area contributed by atoms with E-state index in [0.717, 1.165) is 41.2 Å². The number of sulfonamides is 1. The molecule has 2 aromatic rings. The summed E-state index contributed by atoms with van der Waals surface area (Å²) in [4.78, 5) is 1.07. The Morgan fingerprint density at radius 2 is 2.04 bits per heavy atom. The van der Waals surface area contributed by atoms with Crippen molar-refractivity contribution >= 4 is 21.4 Å². The third kappa shape index (κ3) is 3.16. The summed E-state index contributed by atoms with van der Waals surface area (Å²) in [6.07, 6.45) is 3.21. The van der Waals surface area contributed by atoms with Gasteiger partial charge in [0.1, 0.15) is 15.7 Å². The van der Waals surface area contributed by atoms with Gasteiger partial charge in [0, 0.05) is 41.0 Å². The fraction of sp³-hybridized carbons (Fsp3) is 0.444. The highest BCUT2D eigenvalue weighted by Gasteiger charge is 2.26. The maximum Gasteiger partial charge on any atom is 0.250 e. The quantitative estimate of drug-likeness (QED) is 0.838. The van der Waals surface area contributed by atoms with E-state index in [1.807, 2.05) is 13.0 Å². The van der Waals surface area contributed by atoms with Gasteiger partial charge in [-0.05, 0) is 31.0 Å². The molecule has 0 spiro atoms. The molecule has 25 heavy (non-hydrogen) atoms. The molecule has 1 N–H and O–H groups in total. The molecule has 0 saturated carbocycles. The SMILES string of the molecule is CCc1ccc(S(=O)(=O)NCCc2c3c(cc4c2OCC4)OCC3)s1. The summed E-state index contributed by atoms with van der Waals surface area (Å²) in [7, 11) is -3.45. The highest BCUT2D eigenvalue weighted by molar-refractivity contribution is 7.91. The van der Waals surface area contributed by atoms with Crippen molar-refractivity contribution < 1.29 is 17.9 Å². The van der Waals surface area contributed by atoms with Crippen molar-refractivity contribution in [1.29, 1.82) is 0 Å². The van der Waals surface area contributed by atoms with Crippen LogP contribution in [-0.4, -0.2) is 28.2 Å². The molecular formula is C18H21NO4S2. The molecule has 0 atom stereocenters. The first kappa shape index (κ1) is 16.9. The zero-order valence-corrected chi connectivity index (χ0v) is 15.8. The second kappa shape index (κ2) is 6.63. The fourth-order valence-corrected chi connectivity index (χ4v) is 5.80. The van der Waals surface area contributed by atoms with Crippen molar-refractivity contribution in [2.45, 2.75) is 36.8 Å². The number of hydrogen-bond donors (Lipinski definition) is 1. The Morgan fingerprint density at radius 1 is 1.20 bits per heavy atom. The fourth-order valence-electron chi connectivity index (χ4n) is 3.42. The monoisotopic (exact) mass is 379 g/mol. The van der Waals surface area contributed by atoms with Crippen LogP contribution in [0.4, 0.5) is 0 Å². The van der Waals surface area contributed by atoms with Crippen LogP contribution in [0.3, 0.4) is 0 Å². The molecule has 0 bridgehead atoms. The van der Waals surface area contributed by atoms with Crippen molar-refractivity contribution in [1.82, 2.24) is 4.72 Å². The highest BCUT2D eigenvalue weighted by Crippen LogP contribution is 2.40. The second-order valence-corrected chi connectivity index (χ2v) is 9.40. The van der Waals surface area contributed by atoms with Crippen molar-refractivity contribution in [3.63, 3.8) is 0 Å². The van der Waals surface area contributed by atoms with Crippen LogP contribution in [0.25, 0.3) is 0 Å². The smallest absolute Gasteiger partial charge is 0.250 e. The lowest BCUT2D eigenvalue weighted by Gasteiger charge is -2.13. The summed E-state index contributed by atoms with van der Waals surface area (Å²) in [5.74, 6) is 1.88. The number of hydrogen-bond acceptors (Lipinski definition) is 5. The van der Waals surface area contributed by atoms with Gasteiger partial charge in [-0.2, -0.15) is 0 Å². The molecular weight excluding hydrogens is 358 g/mol. The van der Waals surface area contributed by atoms with Crippen molar-refractivity contribution in [3.8, 4) is 11.5 Å². The highest BCUT2D eigenvalue weighted by atomic mass is 32.2. The number of thiophene rings is 1. The molecule has 2 aliphatic heterocycles. The molecule has 1 aromatic heterocycles. The van der Waals surface area contributed by atoms with Gasteiger partial charge < -0.3 is 9.47 Å². The van der Waals surface area contributed by atoms with Gasteiger partial charge in [-0.1, -0.05) is 6.92 Å². The van der Waals surface area contributed by atoms with E-state index in [1.165, 1.54) is 22.5 Å². The van der Waals surface area contributed by atoms with Gasteiger partial charge in [-0.15, -0.1) is 11.3 Å². The number of fused-ring (bicyclic) bond motifs is 2. The average molecular weight is 380 g/mol. The van der Waals surface area contributed by atoms with Crippen LogP contribution < -0.4 is 14.2 Å². The van der Waals surface area contributed by atoms with Crippen LogP contribution in [-0.2, 0) is 35.7 Å². The third-order valence-electron chi connectivity index (χ3n) is 4.68. The van der Waals surface area contributed by atoms with E-state index in [0.29, 0.717) is 30.4 Å². The van der Waals surface area contributed by atoms with Crippen LogP contribution in [0.5, 0.6) is 11.5 Å². The van der Waals surface area contributed by atoms with Crippen LogP contribution in [0, 0.1) is 0 Å². The van der Waals surface area contributed by atoms with Gasteiger partial charge in [0.25, 0.3) is 0 Å². The zero-order chi connectivity index (χ0) is 17.4. The Hall–Kier alpha value is -1.57. The minimum Gasteiger partial charge on any atom is -0.493 e. The molecule has 7 heteroatoms. The molecule has 134 valence electrons. The van der Waals surface area contributed by atoms with Gasteiger partial charge >= 0.3 is 0 Å². The summed E-state index contributed by atoms with van der Waals surface area (Å²) in [6, 6.07) is 5.64. The van der Waals surface area contributed by atoms with Gasteiger partial charge in [0.2, 0.25) is 10.0 Å². The van der Waals surface area contributed by atoms with Gasteiger partial charge in [-0.3, -0.25) is 0 Å². The third-order valence-corrected chi connectivity index (χ3v) is 7.86. The van der Waals surface area contributed by atoms with E-state index in [9.17, 15) is 8.42 Å². The Labute approximate surface area is 152 Å². The minimum atomic E-state index is -3.45. The molecule has 2 aliphatic rings. The lowest BCUT2D eigenvalue weighted by molar-refractivity contribution is 0.353. The van der Waals surface area contributed by atoms with Crippen LogP contribution in [0.15, 0.2) is 22.4 Å². The molecule has 0 radical (unpaired) electrons. The molecule has 0 amide bonds. The normalized spacial score (nSPS) is 15.6. The summed E-state index contributed by atoms with van der Waals surface area (Å²) >= 11 is 1.33. The average Bonchev–Trinajstić information content (AvgIpc) is 3.33. The first-order chi connectivity index (χ1) is 12.1. The lowest BCUT2D eigenvalue weighted by atomic mass is 9.97. The topological polar surface area (TPSA) is 64.6 Å². The number of ether oxygens (including phenoxy) is 2. The molecule has 4 rings (SSSR count). The number of aryl methyl sites for hydroxylation is 1. The zero-order valence-electron chi connectivity index (χ0n) is 14.1. The first-order valence-electron chi connectivity index (χ1n) is 8.60. The van der Waals surface area contributed by atoms with Crippen molar-refractivity contribution in [2.24, 2.45) is 0 Å². The second-order valence-electron chi connectivity index (χ2n) is 6.24. The standard InChI is InChI=1S/C18H21NO4S2/c1-2-13-3-4-17(24-13)25(20,21)19-8-5-15-14-7-10-22-16(14)11-12-6-9-23-18(12)15/h3-4,11,19H,2,5-10H2,1H3. The molecule has 0 aliphatic carbocycles. The van der Waals surface area contributed by atoms with Crippen molar-refractivity contribution in [3.05, 3.63) is 39.8 Å².